The van der Waals surface area contributed by atoms with Gasteiger partial charge in [0.25, 0.3) is 5.91 Å². The van der Waals surface area contributed by atoms with Crippen LogP contribution in [-0.2, 0) is 9.53 Å². The number of carbonyl (C=O) groups is 2. The number of rotatable bonds is 2. The molecule has 146 valence electrons. The minimum absolute atomic E-state index is 0.0449. The van der Waals surface area contributed by atoms with Crippen molar-refractivity contribution in [3.8, 4) is 0 Å². The van der Waals surface area contributed by atoms with Crippen LogP contribution in [0.15, 0.2) is 36.4 Å². The molecule has 5 nitrogen and oxygen atoms in total. The SMILES string of the molecule is Cc1cccc2cccc(C(=O)N3CCN(C(=O)C4[C@H]5COC[C@@H]45)[C@@H](C)C3)c12. The number of benzene rings is 2. The van der Waals surface area contributed by atoms with Crippen molar-refractivity contribution in [2.24, 2.45) is 17.8 Å². The van der Waals surface area contributed by atoms with E-state index >= 15 is 0 Å². The summed E-state index contributed by atoms with van der Waals surface area (Å²) in [6.07, 6.45) is 0. The smallest absolute Gasteiger partial charge is 0.254 e. The highest BCUT2D eigenvalue weighted by Gasteiger charge is 2.59. The van der Waals surface area contributed by atoms with Gasteiger partial charge in [0, 0.05) is 37.2 Å². The highest BCUT2D eigenvalue weighted by atomic mass is 16.5. The van der Waals surface area contributed by atoms with Gasteiger partial charge in [-0.25, -0.2) is 0 Å². The molecule has 1 unspecified atom stereocenters. The van der Waals surface area contributed by atoms with Gasteiger partial charge in [0.05, 0.1) is 13.2 Å². The maximum absolute atomic E-state index is 13.3. The van der Waals surface area contributed by atoms with Crippen LogP contribution in [0, 0.1) is 24.7 Å². The Labute approximate surface area is 165 Å². The monoisotopic (exact) mass is 378 g/mol. The van der Waals surface area contributed by atoms with Gasteiger partial charge < -0.3 is 14.5 Å². The van der Waals surface area contributed by atoms with Gasteiger partial charge in [-0.15, -0.1) is 0 Å². The van der Waals surface area contributed by atoms with Gasteiger partial charge in [-0.3, -0.25) is 9.59 Å². The molecule has 0 aromatic heterocycles. The standard InChI is InChI=1S/C23H26N2O3/c1-14-5-3-6-16-7-4-8-17(20(14)16)22(26)24-9-10-25(15(2)11-24)23(27)21-18-12-28-13-19(18)21/h3-8,15,18-19,21H,9-13H2,1-2H3/t15-,18-,19+,21?/m0/s1. The molecule has 0 spiro atoms. The van der Waals surface area contributed by atoms with Crippen LogP contribution >= 0.6 is 0 Å². The Morgan fingerprint density at radius 2 is 1.75 bits per heavy atom. The number of amides is 2. The average molecular weight is 378 g/mol. The molecule has 28 heavy (non-hydrogen) atoms. The van der Waals surface area contributed by atoms with Gasteiger partial charge in [-0.1, -0.05) is 30.3 Å². The fourth-order valence-electron chi connectivity index (χ4n) is 5.14. The van der Waals surface area contributed by atoms with Gasteiger partial charge in [0.1, 0.15) is 0 Å². The van der Waals surface area contributed by atoms with E-state index in [1.165, 1.54) is 0 Å². The Hall–Kier alpha value is -2.40. The Kier molecular flexibility index (Phi) is 4.16. The first kappa shape index (κ1) is 17.7. The van der Waals surface area contributed by atoms with Crippen molar-refractivity contribution in [2.75, 3.05) is 32.8 Å². The van der Waals surface area contributed by atoms with E-state index < -0.39 is 0 Å². The Morgan fingerprint density at radius 1 is 1.04 bits per heavy atom. The van der Waals surface area contributed by atoms with E-state index in [0.717, 1.165) is 35.1 Å². The first-order chi connectivity index (χ1) is 13.6. The molecule has 4 atom stereocenters. The third-order valence-electron chi connectivity index (χ3n) is 6.78. The van der Waals surface area contributed by atoms with Gasteiger partial charge >= 0.3 is 0 Å². The summed E-state index contributed by atoms with van der Waals surface area (Å²) in [4.78, 5) is 30.1. The van der Waals surface area contributed by atoms with E-state index in [-0.39, 0.29) is 23.8 Å². The number of carbonyl (C=O) groups excluding carboxylic acids is 2. The minimum atomic E-state index is 0.0449. The maximum Gasteiger partial charge on any atom is 0.254 e. The van der Waals surface area contributed by atoms with Crippen LogP contribution in [-0.4, -0.2) is 60.5 Å². The van der Waals surface area contributed by atoms with Crippen LogP contribution in [0.2, 0.25) is 0 Å². The first-order valence-corrected chi connectivity index (χ1v) is 10.2. The third-order valence-corrected chi connectivity index (χ3v) is 6.78. The summed E-state index contributed by atoms with van der Waals surface area (Å²) in [5.74, 6) is 1.34. The van der Waals surface area contributed by atoms with Crippen molar-refractivity contribution in [3.63, 3.8) is 0 Å². The fourth-order valence-corrected chi connectivity index (χ4v) is 5.14. The van der Waals surface area contributed by atoms with E-state index in [4.69, 9.17) is 4.74 Å². The normalized spacial score (nSPS) is 29.1. The number of hydrogen-bond acceptors (Lipinski definition) is 3. The lowest BCUT2D eigenvalue weighted by atomic mass is 9.98. The Balaban J connectivity index is 1.33. The summed E-state index contributed by atoms with van der Waals surface area (Å²) in [6.45, 7) is 7.37. The van der Waals surface area contributed by atoms with Gasteiger partial charge in [-0.2, -0.15) is 0 Å². The molecule has 2 aromatic rings. The quantitative estimate of drug-likeness (QED) is 0.807. The average Bonchev–Trinajstić information content (AvgIpc) is 3.18. The molecular weight excluding hydrogens is 352 g/mol. The zero-order valence-corrected chi connectivity index (χ0v) is 16.4. The van der Waals surface area contributed by atoms with Crippen LogP contribution in [0.1, 0.15) is 22.8 Å². The molecule has 0 N–H and O–H groups in total. The topological polar surface area (TPSA) is 49.9 Å². The van der Waals surface area contributed by atoms with Crippen molar-refractivity contribution >= 4 is 22.6 Å². The molecule has 2 heterocycles. The van der Waals surface area contributed by atoms with E-state index in [2.05, 4.69) is 32.0 Å². The number of piperazine rings is 1. The lowest BCUT2D eigenvalue weighted by Crippen LogP contribution is -2.56. The summed E-state index contributed by atoms with van der Waals surface area (Å²) in [5.41, 5.74) is 1.88. The number of hydrogen-bond donors (Lipinski definition) is 0. The Bertz CT molecular complexity index is 941. The molecular formula is C23H26N2O3. The van der Waals surface area contributed by atoms with Crippen molar-refractivity contribution in [2.45, 2.75) is 19.9 Å². The molecule has 5 heteroatoms. The van der Waals surface area contributed by atoms with E-state index in [1.807, 2.05) is 28.0 Å². The van der Waals surface area contributed by atoms with E-state index in [9.17, 15) is 9.59 Å². The maximum atomic E-state index is 13.3. The van der Waals surface area contributed by atoms with Crippen LogP contribution in [0.25, 0.3) is 10.8 Å². The number of ether oxygens (including phenoxy) is 1. The Morgan fingerprint density at radius 3 is 2.46 bits per heavy atom. The van der Waals surface area contributed by atoms with Crippen LogP contribution in [0.3, 0.4) is 0 Å². The molecule has 2 aromatic carbocycles. The molecule has 0 radical (unpaired) electrons. The summed E-state index contributed by atoms with van der Waals surface area (Å²) in [7, 11) is 0. The van der Waals surface area contributed by atoms with Gasteiger partial charge in [-0.05, 0) is 48.1 Å². The van der Waals surface area contributed by atoms with Crippen LogP contribution < -0.4 is 0 Å². The highest BCUT2D eigenvalue weighted by Crippen LogP contribution is 2.51. The van der Waals surface area contributed by atoms with E-state index in [1.54, 1.807) is 0 Å². The molecule has 1 aliphatic carbocycles. The summed E-state index contributed by atoms with van der Waals surface area (Å²) < 4.78 is 5.42. The molecule has 1 saturated carbocycles. The number of aryl methyl sites for hydroxylation is 1. The first-order valence-electron chi connectivity index (χ1n) is 10.2. The lowest BCUT2D eigenvalue weighted by Gasteiger charge is -2.40. The van der Waals surface area contributed by atoms with Crippen molar-refractivity contribution in [1.82, 2.24) is 9.80 Å². The second-order valence-electron chi connectivity index (χ2n) is 8.50. The lowest BCUT2D eigenvalue weighted by molar-refractivity contribution is -0.138. The summed E-state index contributed by atoms with van der Waals surface area (Å²) in [5, 5.41) is 2.13. The molecule has 5 rings (SSSR count). The second-order valence-corrected chi connectivity index (χ2v) is 8.50. The number of fused-ring (bicyclic) bond motifs is 2. The largest absolute Gasteiger partial charge is 0.381 e. The third kappa shape index (κ3) is 2.72. The molecule has 2 aliphatic heterocycles. The molecule has 3 fully saturated rings. The summed E-state index contributed by atoms with van der Waals surface area (Å²) >= 11 is 0. The predicted octanol–water partition coefficient (Wildman–Crippen LogP) is 2.71. The summed E-state index contributed by atoms with van der Waals surface area (Å²) in [6, 6.07) is 12.1. The minimum Gasteiger partial charge on any atom is -0.381 e. The van der Waals surface area contributed by atoms with Crippen LogP contribution in [0.5, 0.6) is 0 Å². The highest BCUT2D eigenvalue weighted by molar-refractivity contribution is 6.08. The second kappa shape index (κ2) is 6.59. The van der Waals surface area contributed by atoms with Crippen molar-refractivity contribution < 1.29 is 14.3 Å². The molecule has 2 amide bonds. The molecule has 3 aliphatic rings. The van der Waals surface area contributed by atoms with E-state index in [0.29, 0.717) is 31.5 Å². The zero-order chi connectivity index (χ0) is 19.4. The zero-order valence-electron chi connectivity index (χ0n) is 16.4. The van der Waals surface area contributed by atoms with Crippen LogP contribution in [0.4, 0.5) is 0 Å². The fraction of sp³-hybridized carbons (Fsp3) is 0.478. The number of nitrogens with zero attached hydrogens (tertiary/aromatic N) is 2. The molecule has 0 bridgehead atoms. The van der Waals surface area contributed by atoms with Gasteiger partial charge in [0.15, 0.2) is 0 Å². The van der Waals surface area contributed by atoms with Crippen molar-refractivity contribution in [1.29, 1.82) is 0 Å². The molecule has 2 saturated heterocycles. The van der Waals surface area contributed by atoms with Gasteiger partial charge in [0.2, 0.25) is 5.91 Å². The van der Waals surface area contributed by atoms with Crippen molar-refractivity contribution in [3.05, 3.63) is 47.5 Å². The predicted molar refractivity (Wildman–Crippen MR) is 107 cm³/mol.